The van der Waals surface area contributed by atoms with E-state index in [0.717, 1.165) is 26.7 Å². The van der Waals surface area contributed by atoms with Crippen LogP contribution in [0.25, 0.3) is 11.1 Å². The highest BCUT2D eigenvalue weighted by molar-refractivity contribution is 8.00. The number of carbonyl (C=O) groups excluding carboxylic acids is 1. The predicted octanol–water partition coefficient (Wildman–Crippen LogP) is 7.08. The van der Waals surface area contributed by atoms with Gasteiger partial charge in [-0.1, -0.05) is 84.5 Å². The number of nitriles is 2. The number of nitrogen functional groups attached to an aromatic ring is 1. The van der Waals surface area contributed by atoms with Crippen molar-refractivity contribution in [2.24, 2.45) is 0 Å². The third-order valence-electron chi connectivity index (χ3n) is 6.31. The molecule has 6 nitrogen and oxygen atoms in total. The van der Waals surface area contributed by atoms with Gasteiger partial charge in [0.05, 0.1) is 22.2 Å². The summed E-state index contributed by atoms with van der Waals surface area (Å²) in [5, 5.41) is 19.9. The van der Waals surface area contributed by atoms with Crippen LogP contribution in [0, 0.1) is 29.6 Å². The van der Waals surface area contributed by atoms with Gasteiger partial charge in [-0.15, -0.1) is 0 Å². The lowest BCUT2D eigenvalue weighted by Gasteiger charge is -2.33. The van der Waals surface area contributed by atoms with E-state index in [1.165, 1.54) is 11.8 Å². The topological polar surface area (TPSA) is 107 Å². The summed E-state index contributed by atoms with van der Waals surface area (Å²) in [7, 11) is 0. The van der Waals surface area contributed by atoms with Crippen LogP contribution in [0.1, 0.15) is 30.0 Å². The molecule has 0 spiro atoms. The zero-order chi connectivity index (χ0) is 26.8. The van der Waals surface area contributed by atoms with Gasteiger partial charge in [0.2, 0.25) is 5.91 Å². The van der Waals surface area contributed by atoms with Crippen molar-refractivity contribution < 1.29 is 4.79 Å². The number of nitrogens with zero attached hydrogens (tertiary/aromatic N) is 4. The first-order valence-corrected chi connectivity index (χ1v) is 13.7. The number of anilines is 3. The fraction of sp³-hybridized carbons (Fsp3) is 0.133. The Balaban J connectivity index is 1.59. The van der Waals surface area contributed by atoms with Crippen LogP contribution in [0.5, 0.6) is 0 Å². The Morgan fingerprint density at radius 2 is 1.55 bits per heavy atom. The summed E-state index contributed by atoms with van der Waals surface area (Å²) in [5.74, 6) is -0.0693. The smallest absolute Gasteiger partial charge is 0.245 e. The maximum Gasteiger partial charge on any atom is 0.245 e. The minimum absolute atomic E-state index is 0.0388. The van der Waals surface area contributed by atoms with Gasteiger partial charge < -0.3 is 5.73 Å². The van der Waals surface area contributed by atoms with E-state index in [2.05, 4.69) is 17.1 Å². The number of amides is 1. The van der Waals surface area contributed by atoms with Crippen molar-refractivity contribution in [2.75, 3.05) is 10.6 Å². The monoisotopic (exact) mass is 533 g/mol. The summed E-state index contributed by atoms with van der Waals surface area (Å²) in [4.78, 5) is 22.4. The van der Waals surface area contributed by atoms with Crippen LogP contribution in [0.15, 0.2) is 87.6 Å². The second kappa shape index (κ2) is 10.6. The molecule has 0 aliphatic carbocycles. The average Bonchev–Trinajstić information content (AvgIpc) is 2.94. The Morgan fingerprint density at radius 1 is 0.974 bits per heavy atom. The van der Waals surface area contributed by atoms with Crippen molar-refractivity contribution in [3.63, 3.8) is 0 Å². The number of nitrogens with two attached hydrogens (primary N) is 1. The van der Waals surface area contributed by atoms with Crippen LogP contribution in [-0.2, 0) is 4.79 Å². The van der Waals surface area contributed by atoms with Gasteiger partial charge in [0.15, 0.2) is 0 Å². The zero-order valence-electron chi connectivity index (χ0n) is 20.8. The van der Waals surface area contributed by atoms with Crippen molar-refractivity contribution in [1.82, 2.24) is 4.98 Å². The highest BCUT2D eigenvalue weighted by Crippen LogP contribution is 2.49. The molecule has 0 saturated carbocycles. The van der Waals surface area contributed by atoms with Gasteiger partial charge >= 0.3 is 0 Å². The van der Waals surface area contributed by atoms with Gasteiger partial charge in [0.25, 0.3) is 0 Å². The quantitative estimate of drug-likeness (QED) is 0.273. The van der Waals surface area contributed by atoms with Gasteiger partial charge in [-0.2, -0.15) is 10.5 Å². The summed E-state index contributed by atoms with van der Waals surface area (Å²) in [6, 6.07) is 27.6. The van der Waals surface area contributed by atoms with E-state index in [-0.39, 0.29) is 22.9 Å². The van der Waals surface area contributed by atoms with Crippen molar-refractivity contribution in [3.8, 4) is 23.3 Å². The number of hydrogen-bond acceptors (Lipinski definition) is 7. The number of rotatable bonds is 5. The first-order valence-electron chi connectivity index (χ1n) is 12.0. The molecule has 8 heteroatoms. The van der Waals surface area contributed by atoms with Crippen molar-refractivity contribution in [1.29, 1.82) is 10.5 Å². The lowest BCUT2D eigenvalue weighted by atomic mass is 9.96. The van der Waals surface area contributed by atoms with Gasteiger partial charge in [0.1, 0.15) is 28.5 Å². The number of thioether (sulfide) groups is 1. The molecule has 1 unspecified atom stereocenters. The molecule has 2 N–H and O–H groups in total. The van der Waals surface area contributed by atoms with Gasteiger partial charge in [-0.05, 0) is 43.2 Å². The molecule has 38 heavy (non-hydrogen) atoms. The van der Waals surface area contributed by atoms with E-state index < -0.39 is 5.25 Å². The number of benzene rings is 3. The molecule has 1 atom stereocenters. The van der Waals surface area contributed by atoms with Crippen LogP contribution in [0.2, 0.25) is 0 Å². The zero-order valence-corrected chi connectivity index (χ0v) is 22.4. The molecule has 4 aromatic rings. The maximum absolute atomic E-state index is 14.2. The Morgan fingerprint density at radius 3 is 2.11 bits per heavy atom. The second-order valence-corrected chi connectivity index (χ2v) is 11.0. The molecule has 0 bridgehead atoms. The van der Waals surface area contributed by atoms with E-state index >= 15 is 0 Å². The molecule has 5 rings (SSSR count). The SMILES string of the molecule is CCC(Sc1nc(N)c(C#N)c(-c2ccc(C)cc2)c1C#N)C(=O)N1c2ccccc2Sc2ccccc21. The molecule has 3 aromatic carbocycles. The Labute approximate surface area is 230 Å². The number of hydrogen-bond donors (Lipinski definition) is 1. The van der Waals surface area contributed by atoms with E-state index in [1.54, 1.807) is 16.7 Å². The minimum Gasteiger partial charge on any atom is -0.383 e. The molecular weight excluding hydrogens is 510 g/mol. The Hall–Kier alpha value is -4.24. The van der Waals surface area contributed by atoms with E-state index in [9.17, 15) is 15.3 Å². The van der Waals surface area contributed by atoms with E-state index in [1.807, 2.05) is 86.6 Å². The summed E-state index contributed by atoms with van der Waals surface area (Å²) >= 11 is 2.85. The molecule has 0 saturated heterocycles. The second-order valence-electron chi connectivity index (χ2n) is 8.74. The summed E-state index contributed by atoms with van der Waals surface area (Å²) < 4.78 is 0. The largest absolute Gasteiger partial charge is 0.383 e. The van der Waals surface area contributed by atoms with Crippen LogP contribution in [-0.4, -0.2) is 16.1 Å². The van der Waals surface area contributed by atoms with Gasteiger partial charge in [-0.3, -0.25) is 9.69 Å². The predicted molar refractivity (Wildman–Crippen MR) is 152 cm³/mol. The summed E-state index contributed by atoms with van der Waals surface area (Å²) in [6.45, 7) is 3.90. The first kappa shape index (κ1) is 25.4. The molecule has 0 fully saturated rings. The third kappa shape index (κ3) is 4.50. The van der Waals surface area contributed by atoms with Gasteiger partial charge in [-0.25, -0.2) is 4.98 Å². The van der Waals surface area contributed by atoms with Gasteiger partial charge in [0, 0.05) is 15.4 Å². The number of fused-ring (bicyclic) bond motifs is 2. The van der Waals surface area contributed by atoms with Crippen LogP contribution >= 0.6 is 23.5 Å². The molecule has 1 aliphatic rings. The molecule has 0 radical (unpaired) electrons. The number of aromatic nitrogens is 1. The molecule has 1 aliphatic heterocycles. The van der Waals surface area contributed by atoms with Crippen molar-refractivity contribution in [2.45, 2.75) is 40.3 Å². The molecular formula is C30H23N5OS2. The molecule has 186 valence electrons. The highest BCUT2D eigenvalue weighted by atomic mass is 32.2. The Bertz CT molecular complexity index is 1590. The standard InChI is InChI=1S/C30H23N5OS2/c1-3-24(30(36)35-22-8-4-6-10-25(22)37-26-11-7-5-9-23(26)35)38-29-21(17-32)27(20(16-31)28(33)34-29)19-14-12-18(2)13-15-19/h4-15,24H,3H2,1-2H3,(H2,33,34). The molecule has 1 amide bonds. The minimum atomic E-state index is -0.544. The van der Waals surface area contributed by atoms with E-state index in [4.69, 9.17) is 5.73 Å². The van der Waals surface area contributed by atoms with E-state index in [0.29, 0.717) is 22.6 Å². The number of aryl methyl sites for hydroxylation is 1. The lowest BCUT2D eigenvalue weighted by molar-refractivity contribution is -0.117. The normalized spacial score (nSPS) is 12.6. The fourth-order valence-electron chi connectivity index (χ4n) is 4.42. The number of carbonyl (C=O) groups is 1. The van der Waals surface area contributed by atoms with Crippen LogP contribution in [0.3, 0.4) is 0 Å². The fourth-order valence-corrected chi connectivity index (χ4v) is 6.54. The number of para-hydroxylation sites is 2. The molecule has 2 heterocycles. The Kier molecular flexibility index (Phi) is 7.11. The molecule has 1 aromatic heterocycles. The summed E-state index contributed by atoms with van der Waals surface area (Å²) in [6.07, 6.45) is 0.504. The third-order valence-corrected chi connectivity index (χ3v) is 8.78. The summed E-state index contributed by atoms with van der Waals surface area (Å²) in [5.41, 5.74) is 10.5. The maximum atomic E-state index is 14.2. The average molecular weight is 534 g/mol. The van der Waals surface area contributed by atoms with Crippen LogP contribution in [0.4, 0.5) is 17.2 Å². The van der Waals surface area contributed by atoms with Crippen molar-refractivity contribution >= 4 is 46.6 Å². The number of pyridine rings is 1. The highest BCUT2D eigenvalue weighted by Gasteiger charge is 2.33. The lowest BCUT2D eigenvalue weighted by Crippen LogP contribution is -2.35. The van der Waals surface area contributed by atoms with Crippen LogP contribution < -0.4 is 10.6 Å². The first-order chi connectivity index (χ1) is 18.5. The van der Waals surface area contributed by atoms with Crippen molar-refractivity contribution in [3.05, 3.63) is 89.5 Å².